The monoisotopic (exact) mass is 362 g/mol. The molecule has 0 aromatic rings. The summed E-state index contributed by atoms with van der Waals surface area (Å²) in [6.45, 7) is 2.34. The second kappa shape index (κ2) is 17.5. The Morgan fingerprint density at radius 3 is 1.17 bits per heavy atom. The summed E-state index contributed by atoms with van der Waals surface area (Å²) in [5, 5.41) is 9.07. The molecule has 0 saturated heterocycles. The Morgan fingerprint density at radius 2 is 0.870 bits per heavy atom. The third-order valence-corrected chi connectivity index (χ3v) is 5.41. The van der Waals surface area contributed by atoms with Crippen LogP contribution in [0.2, 0.25) is 0 Å². The molecule has 1 nitrogen and oxygen atoms in total. The van der Waals surface area contributed by atoms with Crippen molar-refractivity contribution < 1.29 is 5.11 Å². The van der Waals surface area contributed by atoms with Crippen LogP contribution in [0.4, 0.5) is 0 Å². The maximum Gasteiger partial charge on any atom is 0.0781 e. The van der Waals surface area contributed by atoms with Gasteiger partial charge in [-0.05, 0) is 6.42 Å². The average molecular weight is 363 g/mol. The number of hydrogen-bond donors (Lipinski definition) is 3. The third kappa shape index (κ3) is 18.8. The van der Waals surface area contributed by atoms with Gasteiger partial charge in [0.15, 0.2) is 0 Å². The van der Waals surface area contributed by atoms with E-state index in [1.54, 1.807) is 0 Å². The predicted molar refractivity (Wildman–Crippen MR) is 112 cm³/mol. The largest absolute Gasteiger partial charge is 0.394 e. The van der Waals surface area contributed by atoms with Gasteiger partial charge in [-0.15, -0.1) is 0 Å². The summed E-state index contributed by atoms with van der Waals surface area (Å²) in [6.07, 6.45) is 23.1. The summed E-state index contributed by atoms with van der Waals surface area (Å²) in [5.41, 5.74) is 0. The van der Waals surface area contributed by atoms with Crippen molar-refractivity contribution in [2.45, 2.75) is 120 Å². The molecule has 0 aliphatic heterocycles. The fraction of sp³-hybridized carbons (Fsp3) is 1.00. The summed E-state index contributed by atoms with van der Waals surface area (Å²) in [4.78, 5) is 0. The summed E-state index contributed by atoms with van der Waals surface area (Å²) in [7, 11) is 0. The number of rotatable bonds is 18. The summed E-state index contributed by atoms with van der Waals surface area (Å²) >= 11 is 8.66. The van der Waals surface area contributed by atoms with Crippen LogP contribution in [0.3, 0.4) is 0 Å². The lowest BCUT2D eigenvalue weighted by atomic mass is 10.0. The van der Waals surface area contributed by atoms with Gasteiger partial charge in [-0.2, -0.15) is 25.3 Å². The fourth-order valence-corrected chi connectivity index (χ4v) is 3.35. The molecule has 0 aromatic carbocycles. The second-order valence-electron chi connectivity index (χ2n) is 7.19. The van der Waals surface area contributed by atoms with Gasteiger partial charge in [0.1, 0.15) is 0 Å². The molecule has 0 unspecified atom stereocenters. The first kappa shape index (κ1) is 23.7. The van der Waals surface area contributed by atoms with Crippen LogP contribution in [0.15, 0.2) is 0 Å². The van der Waals surface area contributed by atoms with Gasteiger partial charge in [0.05, 0.1) is 10.7 Å². The van der Waals surface area contributed by atoms with E-state index in [4.69, 9.17) is 5.11 Å². The highest BCUT2D eigenvalue weighted by molar-refractivity contribution is 8.00. The van der Waals surface area contributed by atoms with Crippen molar-refractivity contribution >= 4 is 25.3 Å². The smallest absolute Gasteiger partial charge is 0.0781 e. The maximum atomic E-state index is 9.07. The lowest BCUT2D eigenvalue weighted by Gasteiger charge is -2.18. The summed E-state index contributed by atoms with van der Waals surface area (Å²) < 4.78 is -0.476. The predicted octanol–water partition coefficient (Wildman–Crippen LogP) is 7.19. The Hall–Kier alpha value is 0.660. The highest BCUT2D eigenvalue weighted by Gasteiger charge is 2.17. The molecule has 1 N–H and O–H groups in total. The van der Waals surface area contributed by atoms with Crippen molar-refractivity contribution in [2.24, 2.45) is 0 Å². The Bertz CT molecular complexity index is 232. The summed E-state index contributed by atoms with van der Waals surface area (Å²) in [5.74, 6) is 0. The zero-order chi connectivity index (χ0) is 17.2. The molecule has 23 heavy (non-hydrogen) atoms. The van der Waals surface area contributed by atoms with E-state index in [1.807, 2.05) is 0 Å². The van der Waals surface area contributed by atoms with Crippen LogP contribution in [-0.4, -0.2) is 15.8 Å². The van der Waals surface area contributed by atoms with Crippen molar-refractivity contribution in [3.05, 3.63) is 0 Å². The number of thiol groups is 2. The molecule has 0 rings (SSSR count). The normalized spacial score (nSPS) is 12.0. The van der Waals surface area contributed by atoms with Crippen LogP contribution in [0.1, 0.15) is 116 Å². The zero-order valence-corrected chi connectivity index (χ0v) is 17.4. The maximum absolute atomic E-state index is 9.07. The van der Waals surface area contributed by atoms with Crippen LogP contribution in [0, 0.1) is 0 Å². The molecule has 3 heteroatoms. The van der Waals surface area contributed by atoms with Gasteiger partial charge in [0.25, 0.3) is 0 Å². The Morgan fingerprint density at radius 1 is 0.565 bits per heavy atom. The third-order valence-electron chi connectivity index (χ3n) is 4.68. The van der Waals surface area contributed by atoms with Crippen LogP contribution in [-0.2, 0) is 0 Å². The molecular formula is C20H42OS2. The molecule has 140 valence electrons. The topological polar surface area (TPSA) is 20.2 Å². The van der Waals surface area contributed by atoms with Crippen molar-refractivity contribution in [1.82, 2.24) is 0 Å². The quantitative estimate of drug-likeness (QED) is 0.134. The van der Waals surface area contributed by atoms with Gasteiger partial charge in [0, 0.05) is 0 Å². The summed E-state index contributed by atoms with van der Waals surface area (Å²) in [6, 6.07) is 0. The molecule has 0 fully saturated rings. The lowest BCUT2D eigenvalue weighted by molar-refractivity contribution is 0.278. The molecule has 0 bridgehead atoms. The zero-order valence-electron chi connectivity index (χ0n) is 15.6. The van der Waals surface area contributed by atoms with Gasteiger partial charge in [0.2, 0.25) is 0 Å². The van der Waals surface area contributed by atoms with Crippen LogP contribution in [0.25, 0.3) is 0 Å². The minimum atomic E-state index is -0.476. The van der Waals surface area contributed by atoms with Crippen molar-refractivity contribution in [3.8, 4) is 0 Å². The van der Waals surface area contributed by atoms with Gasteiger partial charge in [-0.1, -0.05) is 110 Å². The average Bonchev–Trinajstić information content (AvgIpc) is 2.54. The molecule has 0 radical (unpaired) electrons. The fourth-order valence-electron chi connectivity index (χ4n) is 3.04. The highest BCUT2D eigenvalue weighted by Crippen LogP contribution is 2.26. The molecule has 0 aliphatic rings. The molecular weight excluding hydrogens is 320 g/mol. The SMILES string of the molecule is CCCCCCCCCCCCCCCCCCC(S)(S)CO. The number of aliphatic hydroxyl groups is 1. The van der Waals surface area contributed by atoms with Crippen molar-refractivity contribution in [3.63, 3.8) is 0 Å². The van der Waals surface area contributed by atoms with Gasteiger partial charge in [-0.25, -0.2) is 0 Å². The van der Waals surface area contributed by atoms with Crippen LogP contribution < -0.4 is 0 Å². The van der Waals surface area contributed by atoms with Gasteiger partial charge in [-0.3, -0.25) is 0 Å². The van der Waals surface area contributed by atoms with E-state index < -0.39 is 4.08 Å². The van der Waals surface area contributed by atoms with Gasteiger partial charge < -0.3 is 5.11 Å². The molecule has 0 aliphatic carbocycles. The number of hydrogen-bond acceptors (Lipinski definition) is 3. The molecule has 0 heterocycles. The molecule has 0 amide bonds. The first-order valence-electron chi connectivity index (χ1n) is 10.2. The van der Waals surface area contributed by atoms with E-state index in [-0.39, 0.29) is 6.61 Å². The van der Waals surface area contributed by atoms with E-state index in [0.717, 1.165) is 12.8 Å². The minimum Gasteiger partial charge on any atom is -0.394 e. The van der Waals surface area contributed by atoms with E-state index >= 15 is 0 Å². The van der Waals surface area contributed by atoms with Crippen molar-refractivity contribution in [2.75, 3.05) is 6.61 Å². The Balaban J connectivity index is 3.05. The van der Waals surface area contributed by atoms with E-state index in [1.165, 1.54) is 96.3 Å². The number of unbranched alkanes of at least 4 members (excludes halogenated alkanes) is 15. The van der Waals surface area contributed by atoms with Crippen LogP contribution in [0.5, 0.6) is 0 Å². The second-order valence-corrected chi connectivity index (χ2v) is 9.26. The lowest BCUT2D eigenvalue weighted by Crippen LogP contribution is -2.18. The molecule has 0 aromatic heterocycles. The molecule has 0 atom stereocenters. The van der Waals surface area contributed by atoms with Crippen molar-refractivity contribution in [1.29, 1.82) is 0 Å². The van der Waals surface area contributed by atoms with E-state index in [9.17, 15) is 0 Å². The first-order valence-corrected chi connectivity index (χ1v) is 11.1. The Kier molecular flexibility index (Phi) is 18.0. The standard InChI is InChI=1S/C20H42OS2/c1-2-3-4-5-6-7-8-9-10-11-12-13-14-15-16-17-18-20(22,23)19-21/h21-23H,2-19H2,1H3. The van der Waals surface area contributed by atoms with E-state index in [0.29, 0.717) is 0 Å². The van der Waals surface area contributed by atoms with Crippen LogP contribution >= 0.6 is 25.3 Å². The molecule has 0 saturated carbocycles. The minimum absolute atomic E-state index is 0.0535. The highest BCUT2D eigenvalue weighted by atomic mass is 32.2. The molecule has 0 spiro atoms. The van der Waals surface area contributed by atoms with Gasteiger partial charge >= 0.3 is 0 Å². The first-order chi connectivity index (χ1) is 11.1. The Labute approximate surface area is 157 Å². The number of aliphatic hydroxyl groups excluding tert-OH is 1. The van der Waals surface area contributed by atoms with E-state index in [2.05, 4.69) is 32.2 Å².